The molecule has 0 radical (unpaired) electrons. The highest BCUT2D eigenvalue weighted by Crippen LogP contribution is 2.12. The maximum Gasteiger partial charge on any atom is 0.218 e. The first-order chi connectivity index (χ1) is 9.17. The molecule has 6 heteroatoms. The number of aliphatic imine (C=N–C) groups is 1. The normalized spacial score (nSPS) is 10.9. The van der Waals surface area contributed by atoms with Gasteiger partial charge in [0.25, 0.3) is 0 Å². The van der Waals surface area contributed by atoms with Crippen molar-refractivity contribution in [2.24, 2.45) is 10.9 Å². The number of hydrogen-bond donors (Lipinski definition) is 2. The lowest BCUT2D eigenvalue weighted by atomic mass is 10.1. The monoisotopic (exact) mass is 392 g/mol. The molecule has 0 saturated heterocycles. The van der Waals surface area contributed by atoms with Crippen molar-refractivity contribution in [1.82, 2.24) is 15.6 Å². The summed E-state index contributed by atoms with van der Waals surface area (Å²) in [4.78, 5) is 8.35. The van der Waals surface area contributed by atoms with Crippen molar-refractivity contribution in [3.05, 3.63) is 23.9 Å². The smallest absolute Gasteiger partial charge is 0.218 e. The van der Waals surface area contributed by atoms with Gasteiger partial charge < -0.3 is 15.4 Å². The topological polar surface area (TPSA) is 58.5 Å². The largest absolute Gasteiger partial charge is 0.481 e. The van der Waals surface area contributed by atoms with Crippen molar-refractivity contribution < 1.29 is 4.74 Å². The Morgan fingerprint density at radius 3 is 2.75 bits per heavy atom. The molecule has 1 rings (SSSR count). The summed E-state index contributed by atoms with van der Waals surface area (Å²) in [5.41, 5.74) is 1.01. The molecule has 1 aromatic rings. The van der Waals surface area contributed by atoms with Crippen molar-refractivity contribution in [2.45, 2.75) is 26.8 Å². The van der Waals surface area contributed by atoms with E-state index in [0.717, 1.165) is 24.5 Å². The first kappa shape index (κ1) is 18.9. The lowest BCUT2D eigenvalue weighted by Crippen LogP contribution is -2.37. The summed E-state index contributed by atoms with van der Waals surface area (Å²) in [6.45, 7) is 5.97. The molecule has 0 fully saturated rings. The summed E-state index contributed by atoms with van der Waals surface area (Å²) >= 11 is 0. The zero-order chi connectivity index (χ0) is 14.1. The van der Waals surface area contributed by atoms with Crippen molar-refractivity contribution in [3.63, 3.8) is 0 Å². The van der Waals surface area contributed by atoms with Crippen LogP contribution in [0, 0.1) is 5.92 Å². The Morgan fingerprint density at radius 1 is 1.40 bits per heavy atom. The number of nitrogens with one attached hydrogen (secondary N) is 2. The van der Waals surface area contributed by atoms with Crippen LogP contribution < -0.4 is 15.4 Å². The van der Waals surface area contributed by atoms with E-state index in [9.17, 15) is 0 Å². The van der Waals surface area contributed by atoms with Crippen LogP contribution >= 0.6 is 24.0 Å². The highest BCUT2D eigenvalue weighted by molar-refractivity contribution is 14.0. The molecule has 20 heavy (non-hydrogen) atoms. The van der Waals surface area contributed by atoms with E-state index in [-0.39, 0.29) is 24.0 Å². The fraction of sp³-hybridized carbons (Fsp3) is 0.571. The quantitative estimate of drug-likeness (QED) is 0.444. The maximum atomic E-state index is 5.21. The molecule has 1 aromatic heterocycles. The van der Waals surface area contributed by atoms with Gasteiger partial charge in [-0.05, 0) is 18.4 Å². The van der Waals surface area contributed by atoms with Crippen molar-refractivity contribution in [3.8, 4) is 5.88 Å². The Kier molecular flexibility index (Phi) is 10.1. The number of halogens is 1. The number of nitrogens with zero attached hydrogens (tertiary/aromatic N) is 2. The van der Waals surface area contributed by atoms with E-state index in [4.69, 9.17) is 4.74 Å². The minimum atomic E-state index is 0. The van der Waals surface area contributed by atoms with Gasteiger partial charge in [-0.2, -0.15) is 0 Å². The molecule has 0 aromatic carbocycles. The van der Waals surface area contributed by atoms with Gasteiger partial charge in [-0.25, -0.2) is 4.98 Å². The SMILES string of the molecule is CN=C(NCCC(C)C)NCc1cccnc1OC.I. The lowest BCUT2D eigenvalue weighted by molar-refractivity contribution is 0.392. The van der Waals surface area contributed by atoms with E-state index in [0.29, 0.717) is 18.3 Å². The third-order valence-corrected chi connectivity index (χ3v) is 2.73. The zero-order valence-corrected chi connectivity index (χ0v) is 15.0. The summed E-state index contributed by atoms with van der Waals surface area (Å²) in [5.74, 6) is 2.13. The first-order valence-corrected chi connectivity index (χ1v) is 6.59. The molecule has 0 atom stereocenters. The maximum absolute atomic E-state index is 5.21. The van der Waals surface area contributed by atoms with Crippen LogP contribution in [-0.2, 0) is 6.54 Å². The van der Waals surface area contributed by atoms with Crippen LogP contribution in [0.2, 0.25) is 0 Å². The van der Waals surface area contributed by atoms with E-state index in [2.05, 4.69) is 34.5 Å². The van der Waals surface area contributed by atoms with Crippen LogP contribution in [0.1, 0.15) is 25.8 Å². The van der Waals surface area contributed by atoms with Crippen molar-refractivity contribution >= 4 is 29.9 Å². The Labute approximate surface area is 138 Å². The highest BCUT2D eigenvalue weighted by Gasteiger charge is 2.04. The van der Waals surface area contributed by atoms with Gasteiger partial charge in [0, 0.05) is 31.9 Å². The van der Waals surface area contributed by atoms with E-state index in [1.54, 1.807) is 20.4 Å². The summed E-state index contributed by atoms with van der Waals surface area (Å²) in [6, 6.07) is 3.88. The second kappa shape index (κ2) is 10.7. The molecule has 0 bridgehead atoms. The molecule has 1 heterocycles. The lowest BCUT2D eigenvalue weighted by Gasteiger charge is -2.13. The number of rotatable bonds is 6. The zero-order valence-electron chi connectivity index (χ0n) is 12.6. The van der Waals surface area contributed by atoms with Crippen LogP contribution in [0.3, 0.4) is 0 Å². The van der Waals surface area contributed by atoms with Gasteiger partial charge in [0.2, 0.25) is 5.88 Å². The molecule has 0 amide bonds. The molecule has 0 saturated carbocycles. The number of methoxy groups -OCH3 is 1. The molecule has 114 valence electrons. The summed E-state index contributed by atoms with van der Waals surface area (Å²) in [5, 5.41) is 6.54. The second-order valence-electron chi connectivity index (χ2n) is 4.71. The van der Waals surface area contributed by atoms with Crippen LogP contribution in [0.15, 0.2) is 23.3 Å². The van der Waals surface area contributed by atoms with Crippen LogP contribution in [0.5, 0.6) is 5.88 Å². The number of pyridine rings is 1. The highest BCUT2D eigenvalue weighted by atomic mass is 127. The van der Waals surface area contributed by atoms with E-state index in [1.165, 1.54) is 0 Å². The molecule has 0 spiro atoms. The van der Waals surface area contributed by atoms with Gasteiger partial charge in [0.1, 0.15) is 0 Å². The minimum Gasteiger partial charge on any atom is -0.481 e. The minimum absolute atomic E-state index is 0. The van der Waals surface area contributed by atoms with Crippen LogP contribution in [0.25, 0.3) is 0 Å². The molecule has 0 unspecified atom stereocenters. The fourth-order valence-corrected chi connectivity index (χ4v) is 1.62. The van der Waals surface area contributed by atoms with Gasteiger partial charge in [-0.3, -0.25) is 4.99 Å². The molecule has 0 aliphatic carbocycles. The Balaban J connectivity index is 0.00000361. The number of hydrogen-bond acceptors (Lipinski definition) is 3. The molecular weight excluding hydrogens is 367 g/mol. The first-order valence-electron chi connectivity index (χ1n) is 6.59. The third-order valence-electron chi connectivity index (χ3n) is 2.73. The Hall–Kier alpha value is -1.05. The Morgan fingerprint density at radius 2 is 2.15 bits per heavy atom. The van der Waals surface area contributed by atoms with Crippen LogP contribution in [0.4, 0.5) is 0 Å². The van der Waals surface area contributed by atoms with Gasteiger partial charge in [-0.1, -0.05) is 19.9 Å². The molecule has 0 aliphatic rings. The Bertz CT molecular complexity index is 410. The van der Waals surface area contributed by atoms with Crippen LogP contribution in [-0.4, -0.2) is 31.6 Å². The van der Waals surface area contributed by atoms with E-state index < -0.39 is 0 Å². The molecule has 5 nitrogen and oxygen atoms in total. The van der Waals surface area contributed by atoms with E-state index >= 15 is 0 Å². The van der Waals surface area contributed by atoms with Gasteiger partial charge in [0.15, 0.2) is 5.96 Å². The van der Waals surface area contributed by atoms with Crippen molar-refractivity contribution in [1.29, 1.82) is 0 Å². The molecular formula is C14H25IN4O. The predicted octanol–water partition coefficient (Wildman–Crippen LogP) is 2.42. The predicted molar refractivity (Wildman–Crippen MR) is 93.9 cm³/mol. The number of ether oxygens (including phenoxy) is 1. The number of aromatic nitrogens is 1. The second-order valence-corrected chi connectivity index (χ2v) is 4.71. The van der Waals surface area contributed by atoms with E-state index in [1.807, 2.05) is 12.1 Å². The van der Waals surface area contributed by atoms with Crippen molar-refractivity contribution in [2.75, 3.05) is 20.7 Å². The number of guanidine groups is 1. The van der Waals surface area contributed by atoms with Gasteiger partial charge >= 0.3 is 0 Å². The average molecular weight is 392 g/mol. The summed E-state index contributed by atoms with van der Waals surface area (Å²) in [6.07, 6.45) is 2.84. The van der Waals surface area contributed by atoms with Gasteiger partial charge in [-0.15, -0.1) is 24.0 Å². The molecule has 2 N–H and O–H groups in total. The fourth-order valence-electron chi connectivity index (χ4n) is 1.62. The van der Waals surface area contributed by atoms with Gasteiger partial charge in [0.05, 0.1) is 7.11 Å². The summed E-state index contributed by atoms with van der Waals surface area (Å²) < 4.78 is 5.21. The standard InChI is InChI=1S/C14H24N4O.HI/c1-11(2)7-9-17-14(15-3)18-10-12-6-5-8-16-13(12)19-4;/h5-6,8,11H,7,9-10H2,1-4H3,(H2,15,17,18);1H. The summed E-state index contributed by atoms with van der Waals surface area (Å²) in [7, 11) is 3.40. The molecule has 0 aliphatic heterocycles. The third kappa shape index (κ3) is 6.93. The average Bonchev–Trinajstić information content (AvgIpc) is 2.42.